The Morgan fingerprint density at radius 3 is 2.65 bits per heavy atom. The van der Waals surface area contributed by atoms with Gasteiger partial charge >= 0.3 is 5.97 Å². The average molecular weight is 731 g/mol. The van der Waals surface area contributed by atoms with Gasteiger partial charge in [-0.05, 0) is 160 Å². The van der Waals surface area contributed by atoms with Crippen LogP contribution >= 0.6 is 0 Å². The van der Waals surface area contributed by atoms with Crippen molar-refractivity contribution in [2.45, 2.75) is 90.0 Å². The number of phenolic OH excluding ortho intramolecular Hbond substituents is 1. The number of esters is 1. The van der Waals surface area contributed by atoms with Crippen LogP contribution in [0.4, 0.5) is 11.5 Å². The highest BCUT2D eigenvalue weighted by Crippen LogP contribution is 2.72. The number of anilines is 2. The molecule has 4 saturated heterocycles. The fraction of sp³-hybridized carbons (Fsp3) is 0.644. The van der Waals surface area contributed by atoms with Crippen LogP contribution in [0.1, 0.15) is 84.0 Å². The van der Waals surface area contributed by atoms with Crippen molar-refractivity contribution < 1.29 is 14.6 Å². The maximum Gasteiger partial charge on any atom is 0.306 e. The van der Waals surface area contributed by atoms with Gasteiger partial charge in [0.2, 0.25) is 0 Å². The van der Waals surface area contributed by atoms with E-state index in [0.717, 1.165) is 73.7 Å². The second-order valence-corrected chi connectivity index (χ2v) is 18.5. The van der Waals surface area contributed by atoms with Gasteiger partial charge in [-0.25, -0.2) is 0 Å². The Balaban J connectivity index is 0.754. The molecule has 3 N–H and O–H groups in total. The zero-order valence-corrected chi connectivity index (χ0v) is 32.0. The predicted molar refractivity (Wildman–Crippen MR) is 212 cm³/mol. The number of rotatable bonds is 9. The van der Waals surface area contributed by atoms with E-state index in [0.29, 0.717) is 59.2 Å². The molecule has 54 heavy (non-hydrogen) atoms. The molecule has 1 aromatic carbocycles. The molecular weight excluding hydrogens is 673 g/mol. The number of nitrogen functional groups attached to an aromatic ring is 1. The number of carbonyl (C=O) groups is 1. The van der Waals surface area contributed by atoms with Gasteiger partial charge in [-0.3, -0.25) is 14.7 Å². The van der Waals surface area contributed by atoms with Crippen LogP contribution in [0.15, 0.2) is 58.7 Å². The molecule has 9 unspecified atom stereocenters. The van der Waals surface area contributed by atoms with Crippen LogP contribution in [0.2, 0.25) is 0 Å². The summed E-state index contributed by atoms with van der Waals surface area (Å²) in [5, 5.41) is 19.2. The van der Waals surface area contributed by atoms with Crippen LogP contribution in [-0.2, 0) is 9.53 Å². The summed E-state index contributed by atoms with van der Waals surface area (Å²) in [6.45, 7) is 6.91. The molecule has 8 bridgehead atoms. The number of benzene rings is 1. The summed E-state index contributed by atoms with van der Waals surface area (Å²) in [5.74, 6) is 7.11. The average Bonchev–Trinajstić information content (AvgIpc) is 3.48. The molecule has 9 nitrogen and oxygen atoms in total. The van der Waals surface area contributed by atoms with E-state index in [1.54, 1.807) is 6.07 Å². The van der Waals surface area contributed by atoms with Crippen molar-refractivity contribution in [3.63, 3.8) is 0 Å². The number of phenols is 1. The molecule has 286 valence electrons. The third kappa shape index (κ3) is 5.90. The van der Waals surface area contributed by atoms with Gasteiger partial charge in [0.15, 0.2) is 5.82 Å². The fourth-order valence-electron chi connectivity index (χ4n) is 13.5. The molecule has 12 rings (SSSR count). The molecule has 0 radical (unpaired) electrons. The third-order valence-electron chi connectivity index (χ3n) is 16.1. The summed E-state index contributed by atoms with van der Waals surface area (Å²) in [7, 11) is 0. The van der Waals surface area contributed by atoms with Gasteiger partial charge in [0.05, 0.1) is 18.0 Å². The van der Waals surface area contributed by atoms with E-state index in [-0.39, 0.29) is 11.7 Å². The smallest absolute Gasteiger partial charge is 0.306 e. The largest absolute Gasteiger partial charge is 0.507 e. The summed E-state index contributed by atoms with van der Waals surface area (Å²) < 4.78 is 5.34. The number of allylic oxidation sites excluding steroid dienone is 4. The first kappa shape index (κ1) is 34.7. The zero-order valence-electron chi connectivity index (χ0n) is 32.0. The number of nitrogens with zero attached hydrogens (tertiary/aromatic N) is 5. The van der Waals surface area contributed by atoms with E-state index >= 15 is 0 Å². The van der Waals surface area contributed by atoms with Gasteiger partial charge in [0.1, 0.15) is 5.75 Å². The highest BCUT2D eigenvalue weighted by molar-refractivity contribution is 5.80. The van der Waals surface area contributed by atoms with Crippen LogP contribution in [0, 0.1) is 58.7 Å². The minimum absolute atomic E-state index is 0.0225. The normalized spacial score (nSPS) is 38.9. The highest BCUT2D eigenvalue weighted by atomic mass is 16.5. The second kappa shape index (κ2) is 13.8. The van der Waals surface area contributed by atoms with Crippen LogP contribution < -0.4 is 10.6 Å². The summed E-state index contributed by atoms with van der Waals surface area (Å²) in [6, 6.07) is 10.1. The van der Waals surface area contributed by atoms with Crippen molar-refractivity contribution in [2.75, 3.05) is 43.4 Å². The first-order chi connectivity index (χ1) is 26.4. The first-order valence-corrected chi connectivity index (χ1v) is 21.4. The SMILES string of the molecule is CCOC(=O)CC1CC2CN(C3CCC(C4=CCC/C=C(\CC56CC7CN(c8cc(-c9ccccc9O)nnc8N)CC5CC76)N=C4)CC3)CC3CC2C13. The molecule has 0 spiro atoms. The van der Waals surface area contributed by atoms with Crippen LogP contribution in [0.25, 0.3) is 11.3 Å². The van der Waals surface area contributed by atoms with Crippen molar-refractivity contribution in [3.05, 3.63) is 53.8 Å². The number of aliphatic imine (C=N–C) groups is 1. The lowest BCUT2D eigenvalue weighted by atomic mass is 9.37. The Labute approximate surface area is 320 Å². The molecular formula is C45H58N6O3. The fourth-order valence-corrected chi connectivity index (χ4v) is 13.5. The van der Waals surface area contributed by atoms with Gasteiger partial charge in [-0.1, -0.05) is 24.3 Å². The van der Waals surface area contributed by atoms with Crippen LogP contribution in [0.5, 0.6) is 5.75 Å². The number of aromatic hydroxyl groups is 1. The molecule has 1 aromatic heterocycles. The lowest BCUT2D eigenvalue weighted by Crippen LogP contribution is -2.61. The maximum atomic E-state index is 12.3. The number of nitrogens with two attached hydrogens (primary N) is 1. The quantitative estimate of drug-likeness (QED) is 0.253. The minimum Gasteiger partial charge on any atom is -0.507 e. The first-order valence-electron chi connectivity index (χ1n) is 21.4. The number of hydrogen-bond acceptors (Lipinski definition) is 9. The lowest BCUT2D eigenvalue weighted by molar-refractivity contribution is -0.169. The van der Waals surface area contributed by atoms with E-state index in [4.69, 9.17) is 15.5 Å². The van der Waals surface area contributed by atoms with Crippen molar-refractivity contribution in [1.29, 1.82) is 0 Å². The second-order valence-electron chi connectivity index (χ2n) is 18.5. The number of hydrogen-bond donors (Lipinski definition) is 2. The highest BCUT2D eigenvalue weighted by Gasteiger charge is 2.67. The third-order valence-corrected chi connectivity index (χ3v) is 16.1. The zero-order chi connectivity index (χ0) is 36.6. The number of carbonyl (C=O) groups excluding carboxylic acids is 1. The molecule has 5 aliphatic heterocycles. The van der Waals surface area contributed by atoms with Crippen molar-refractivity contribution in [3.8, 4) is 17.0 Å². The van der Waals surface area contributed by atoms with Crippen molar-refractivity contribution in [1.82, 2.24) is 15.1 Å². The van der Waals surface area contributed by atoms with Crippen LogP contribution in [-0.4, -0.2) is 71.2 Å². The van der Waals surface area contributed by atoms with Gasteiger partial charge in [0.25, 0.3) is 0 Å². The standard InChI is InChI=1S/C45H58N6O3/c1-2-54-42(53)17-29-15-30-23-50(24-31-16-37(30)43(29)31)35-13-11-27(12-14-35)28-7-3-4-8-34(47-22-28)21-45-20-32-25-51(26-33(45)18-38(32)45)40-19-39(48-49-44(40)46)36-9-5-6-10-41(36)52/h5-10,19,22,27,29-33,35,37-38,43,52H,2-4,11-18,20-21,23-26H2,1H3,(H2,46,49)/b28-7?,34-8+,47-22?. The molecule has 9 atom stereocenters. The number of para-hydroxylation sites is 1. The monoisotopic (exact) mass is 730 g/mol. The summed E-state index contributed by atoms with van der Waals surface area (Å²) >= 11 is 0. The Hall–Kier alpha value is -3.72. The molecule has 9 heteroatoms. The van der Waals surface area contributed by atoms with E-state index < -0.39 is 0 Å². The number of ether oxygens (including phenoxy) is 1. The Bertz CT molecular complexity index is 1870. The van der Waals surface area contributed by atoms with E-state index in [1.165, 1.54) is 75.7 Å². The molecule has 5 aliphatic carbocycles. The lowest BCUT2D eigenvalue weighted by Gasteiger charge is -2.66. The molecule has 6 heterocycles. The van der Waals surface area contributed by atoms with Gasteiger partial charge in [-0.15, -0.1) is 10.2 Å². The van der Waals surface area contributed by atoms with Gasteiger partial charge in [-0.2, -0.15) is 0 Å². The number of aromatic nitrogens is 2. The molecule has 5 saturated carbocycles. The summed E-state index contributed by atoms with van der Waals surface area (Å²) in [6.07, 6.45) is 21.5. The molecule has 0 amide bonds. The summed E-state index contributed by atoms with van der Waals surface area (Å²) in [4.78, 5) is 23.0. The van der Waals surface area contributed by atoms with E-state index in [2.05, 4.69) is 38.4 Å². The van der Waals surface area contributed by atoms with Crippen molar-refractivity contribution >= 4 is 23.7 Å². The molecule has 9 fully saturated rings. The van der Waals surface area contributed by atoms with Crippen molar-refractivity contribution in [2.24, 2.45) is 63.7 Å². The molecule has 10 aliphatic rings. The Morgan fingerprint density at radius 1 is 0.981 bits per heavy atom. The number of fused-ring (bicyclic) bond motifs is 4. The molecule has 2 aromatic rings. The van der Waals surface area contributed by atoms with Gasteiger partial charge in [0, 0.05) is 56.1 Å². The Morgan fingerprint density at radius 2 is 1.81 bits per heavy atom. The minimum atomic E-state index is 0.0225. The van der Waals surface area contributed by atoms with Gasteiger partial charge < -0.3 is 20.5 Å². The van der Waals surface area contributed by atoms with E-state index in [1.807, 2.05) is 31.2 Å². The topological polar surface area (TPSA) is 117 Å². The van der Waals surface area contributed by atoms with Crippen LogP contribution in [0.3, 0.4) is 0 Å². The van der Waals surface area contributed by atoms with E-state index in [9.17, 15) is 9.90 Å². The summed E-state index contributed by atoms with van der Waals surface area (Å²) in [5.41, 5.74) is 11.9. The maximum absolute atomic E-state index is 12.3. The Kier molecular flexibility index (Phi) is 8.87. The predicted octanol–water partition coefficient (Wildman–Crippen LogP) is 7.67.